The topological polar surface area (TPSA) is 67.0 Å². The number of nitrogens with one attached hydrogen (secondary N) is 2. The predicted molar refractivity (Wildman–Crippen MR) is 89.3 cm³/mol. The zero-order valence-electron chi connectivity index (χ0n) is 12.7. The molecular formula is C18H17N3O2. The van der Waals surface area contributed by atoms with Crippen molar-refractivity contribution in [2.45, 2.75) is 6.92 Å². The van der Waals surface area contributed by atoms with Crippen molar-refractivity contribution in [2.24, 2.45) is 0 Å². The molecule has 3 rings (SSSR count). The number of aryl methyl sites for hydroxylation is 1. The summed E-state index contributed by atoms with van der Waals surface area (Å²) in [5, 5.41) is 2.83. The van der Waals surface area contributed by atoms with Gasteiger partial charge in [0.2, 0.25) is 0 Å². The molecule has 0 saturated carbocycles. The summed E-state index contributed by atoms with van der Waals surface area (Å²) >= 11 is 0. The van der Waals surface area contributed by atoms with Crippen molar-refractivity contribution >= 4 is 11.6 Å². The number of carbonyl (C=O) groups excluding carboxylic acids is 1. The molecule has 23 heavy (non-hydrogen) atoms. The average molecular weight is 307 g/mol. The highest BCUT2D eigenvalue weighted by molar-refractivity contribution is 5.92. The van der Waals surface area contributed by atoms with E-state index in [1.807, 2.05) is 55.5 Å². The number of carbonyl (C=O) groups is 1. The molecule has 1 amide bonds. The van der Waals surface area contributed by atoms with E-state index in [2.05, 4.69) is 15.3 Å². The van der Waals surface area contributed by atoms with Crippen LogP contribution in [0.5, 0.6) is 5.75 Å². The van der Waals surface area contributed by atoms with Crippen LogP contribution in [0.2, 0.25) is 0 Å². The quantitative estimate of drug-likeness (QED) is 0.759. The standard InChI is InChI=1S/C18H17N3O2/c1-13-5-7-16(8-6-13)23-11-18(22)21-15-4-2-3-14(9-15)17-10-19-12-20-17/h2-10,12H,11H2,1H3,(H,19,20)(H,21,22). The highest BCUT2D eigenvalue weighted by Crippen LogP contribution is 2.20. The molecule has 1 heterocycles. The summed E-state index contributed by atoms with van der Waals surface area (Å²) < 4.78 is 5.47. The maximum atomic E-state index is 12.0. The van der Waals surface area contributed by atoms with Crippen LogP contribution in [-0.2, 0) is 4.79 Å². The summed E-state index contributed by atoms with van der Waals surface area (Å²) in [6.45, 7) is 1.97. The summed E-state index contributed by atoms with van der Waals surface area (Å²) in [5.74, 6) is 0.476. The van der Waals surface area contributed by atoms with Crippen LogP contribution in [-0.4, -0.2) is 22.5 Å². The minimum atomic E-state index is -0.202. The van der Waals surface area contributed by atoms with Crippen LogP contribution in [0.25, 0.3) is 11.3 Å². The van der Waals surface area contributed by atoms with Crippen molar-refractivity contribution in [3.63, 3.8) is 0 Å². The molecule has 0 unspecified atom stereocenters. The Morgan fingerprint density at radius 1 is 1.22 bits per heavy atom. The molecule has 0 bridgehead atoms. The second-order valence-electron chi connectivity index (χ2n) is 5.20. The molecular weight excluding hydrogens is 290 g/mol. The predicted octanol–water partition coefficient (Wildman–Crippen LogP) is 3.40. The second kappa shape index (κ2) is 6.79. The lowest BCUT2D eigenvalue weighted by atomic mass is 10.1. The van der Waals surface area contributed by atoms with E-state index in [0.717, 1.165) is 22.5 Å². The van der Waals surface area contributed by atoms with Gasteiger partial charge in [-0.2, -0.15) is 0 Å². The highest BCUT2D eigenvalue weighted by atomic mass is 16.5. The van der Waals surface area contributed by atoms with E-state index in [4.69, 9.17) is 4.74 Å². The monoisotopic (exact) mass is 307 g/mol. The lowest BCUT2D eigenvalue weighted by molar-refractivity contribution is -0.118. The zero-order valence-corrected chi connectivity index (χ0v) is 12.7. The van der Waals surface area contributed by atoms with Gasteiger partial charge >= 0.3 is 0 Å². The summed E-state index contributed by atoms with van der Waals surface area (Å²) in [6, 6.07) is 15.1. The van der Waals surface area contributed by atoms with Crippen molar-refractivity contribution in [1.29, 1.82) is 0 Å². The largest absolute Gasteiger partial charge is 0.484 e. The molecule has 0 radical (unpaired) electrons. The molecule has 0 aliphatic rings. The Morgan fingerprint density at radius 3 is 2.78 bits per heavy atom. The first-order chi connectivity index (χ1) is 11.2. The molecule has 116 valence electrons. The molecule has 3 aromatic rings. The molecule has 0 aliphatic carbocycles. The third kappa shape index (κ3) is 3.97. The fourth-order valence-corrected chi connectivity index (χ4v) is 2.16. The van der Waals surface area contributed by atoms with Gasteiger partial charge in [0.1, 0.15) is 5.75 Å². The Kier molecular flexibility index (Phi) is 4.38. The van der Waals surface area contributed by atoms with Crippen LogP contribution in [0.1, 0.15) is 5.56 Å². The first-order valence-electron chi connectivity index (χ1n) is 7.29. The summed E-state index contributed by atoms with van der Waals surface area (Å²) in [4.78, 5) is 19.0. The number of anilines is 1. The smallest absolute Gasteiger partial charge is 0.262 e. The second-order valence-corrected chi connectivity index (χ2v) is 5.20. The number of nitrogens with zero attached hydrogens (tertiary/aromatic N) is 1. The molecule has 5 nitrogen and oxygen atoms in total. The van der Waals surface area contributed by atoms with Gasteiger partial charge in [-0.05, 0) is 31.2 Å². The van der Waals surface area contributed by atoms with Crippen LogP contribution in [0.15, 0.2) is 61.1 Å². The number of benzene rings is 2. The third-order valence-corrected chi connectivity index (χ3v) is 3.35. The first-order valence-corrected chi connectivity index (χ1v) is 7.29. The van der Waals surface area contributed by atoms with Gasteiger partial charge in [0.05, 0.1) is 18.2 Å². The van der Waals surface area contributed by atoms with Crippen molar-refractivity contribution in [2.75, 3.05) is 11.9 Å². The van der Waals surface area contributed by atoms with Crippen LogP contribution in [0.3, 0.4) is 0 Å². The molecule has 5 heteroatoms. The van der Waals surface area contributed by atoms with Gasteiger partial charge in [0.25, 0.3) is 5.91 Å². The fraction of sp³-hybridized carbons (Fsp3) is 0.111. The highest BCUT2D eigenvalue weighted by Gasteiger charge is 2.05. The minimum Gasteiger partial charge on any atom is -0.484 e. The Morgan fingerprint density at radius 2 is 2.04 bits per heavy atom. The number of hydrogen-bond donors (Lipinski definition) is 2. The molecule has 0 saturated heterocycles. The van der Waals surface area contributed by atoms with Crippen LogP contribution in [0, 0.1) is 6.92 Å². The lowest BCUT2D eigenvalue weighted by Crippen LogP contribution is -2.20. The normalized spacial score (nSPS) is 10.3. The summed E-state index contributed by atoms with van der Waals surface area (Å²) in [5.41, 5.74) is 3.73. The molecule has 2 aromatic carbocycles. The number of ether oxygens (including phenoxy) is 1. The molecule has 0 spiro atoms. The van der Waals surface area contributed by atoms with Gasteiger partial charge in [-0.25, -0.2) is 4.98 Å². The van der Waals surface area contributed by atoms with E-state index in [0.29, 0.717) is 5.75 Å². The number of amides is 1. The molecule has 0 atom stereocenters. The van der Waals surface area contributed by atoms with E-state index >= 15 is 0 Å². The zero-order chi connectivity index (χ0) is 16.1. The van der Waals surface area contributed by atoms with Gasteiger partial charge in [-0.15, -0.1) is 0 Å². The van der Waals surface area contributed by atoms with Gasteiger partial charge in [-0.3, -0.25) is 4.79 Å². The van der Waals surface area contributed by atoms with Gasteiger partial charge < -0.3 is 15.0 Å². The van der Waals surface area contributed by atoms with Gasteiger partial charge in [0, 0.05) is 11.3 Å². The van der Waals surface area contributed by atoms with Crippen LogP contribution >= 0.6 is 0 Å². The van der Waals surface area contributed by atoms with E-state index in [1.54, 1.807) is 12.5 Å². The van der Waals surface area contributed by atoms with Crippen molar-refractivity contribution in [1.82, 2.24) is 9.97 Å². The average Bonchev–Trinajstić information content (AvgIpc) is 3.09. The SMILES string of the molecule is Cc1ccc(OCC(=O)Nc2cccc(-c3cnc[nH]3)c2)cc1. The van der Waals surface area contributed by atoms with E-state index in [-0.39, 0.29) is 12.5 Å². The van der Waals surface area contributed by atoms with Crippen molar-refractivity contribution < 1.29 is 9.53 Å². The molecule has 1 aromatic heterocycles. The number of H-pyrrole nitrogens is 1. The maximum absolute atomic E-state index is 12.0. The first kappa shape index (κ1) is 14.8. The minimum absolute atomic E-state index is 0.0304. The van der Waals surface area contributed by atoms with Gasteiger partial charge in [0.15, 0.2) is 6.61 Å². The Bertz CT molecular complexity index is 780. The maximum Gasteiger partial charge on any atom is 0.262 e. The van der Waals surface area contributed by atoms with Crippen molar-refractivity contribution in [3.05, 3.63) is 66.6 Å². The number of rotatable bonds is 5. The lowest BCUT2D eigenvalue weighted by Gasteiger charge is -2.08. The number of aromatic nitrogens is 2. The summed E-state index contributed by atoms with van der Waals surface area (Å²) in [7, 11) is 0. The van der Waals surface area contributed by atoms with E-state index in [1.165, 1.54) is 0 Å². The van der Waals surface area contributed by atoms with Crippen LogP contribution in [0.4, 0.5) is 5.69 Å². The number of hydrogen-bond acceptors (Lipinski definition) is 3. The van der Waals surface area contributed by atoms with Gasteiger partial charge in [-0.1, -0.05) is 29.8 Å². The summed E-state index contributed by atoms with van der Waals surface area (Å²) in [6.07, 6.45) is 3.36. The fourth-order valence-electron chi connectivity index (χ4n) is 2.16. The number of aromatic amines is 1. The number of imidazole rings is 1. The molecule has 0 fully saturated rings. The Hall–Kier alpha value is -3.08. The molecule has 0 aliphatic heterocycles. The Balaban J connectivity index is 1.59. The van der Waals surface area contributed by atoms with Crippen LogP contribution < -0.4 is 10.1 Å². The Labute approximate surface area is 134 Å². The van der Waals surface area contributed by atoms with Crippen molar-refractivity contribution in [3.8, 4) is 17.0 Å². The molecule has 2 N–H and O–H groups in total. The van der Waals surface area contributed by atoms with E-state index < -0.39 is 0 Å². The third-order valence-electron chi connectivity index (χ3n) is 3.35. The van der Waals surface area contributed by atoms with E-state index in [9.17, 15) is 4.79 Å².